The van der Waals surface area contributed by atoms with Gasteiger partial charge in [-0.3, -0.25) is 0 Å². The molecule has 2 heterocycles. The van der Waals surface area contributed by atoms with Crippen LogP contribution in [0.5, 0.6) is 0 Å². The van der Waals surface area contributed by atoms with Gasteiger partial charge in [-0.05, 0) is 27.7 Å². The van der Waals surface area contributed by atoms with Gasteiger partial charge >= 0.3 is 21.2 Å². The molecule has 0 aromatic carbocycles. The summed E-state index contributed by atoms with van der Waals surface area (Å²) in [6, 6.07) is 0. The van der Waals surface area contributed by atoms with Crippen molar-refractivity contribution < 1.29 is 29.6 Å². The smallest absolute Gasteiger partial charge is 0.212 e. The van der Waals surface area contributed by atoms with Gasteiger partial charge in [0.25, 0.3) is 3.55 Å². The summed E-state index contributed by atoms with van der Waals surface area (Å²) in [6.45, 7) is 7.87. The third kappa shape index (κ3) is 1.43. The lowest BCUT2D eigenvalue weighted by Crippen LogP contribution is -3.51. The molecular weight excluding hydrogens is 313 g/mol. The Bertz CT molecular complexity index is 353. The Morgan fingerprint density at radius 3 is 2.21 bits per heavy atom. The lowest BCUT2D eigenvalue weighted by atomic mass is 10.1. The highest BCUT2D eigenvalue weighted by Gasteiger charge is 2.77. The van der Waals surface area contributed by atoms with Gasteiger partial charge in [-0.1, -0.05) is 0 Å². The SMILES string of the molecule is C[C@@H]1C[C@@]2(C[I+]2)N(C(C)(C)C)S1(=O)=O. The number of rotatable bonds is 0. The molecule has 0 radical (unpaired) electrons. The minimum Gasteiger partial charge on any atom is -0.212 e. The van der Waals surface area contributed by atoms with E-state index in [1.54, 1.807) is 0 Å². The molecule has 1 spiro atoms. The maximum absolute atomic E-state index is 12.1. The Labute approximate surface area is 96.6 Å². The molecule has 0 bridgehead atoms. The van der Waals surface area contributed by atoms with Crippen LogP contribution in [-0.4, -0.2) is 31.5 Å². The molecule has 0 aromatic rings. The second-order valence-electron chi connectivity index (χ2n) is 5.18. The van der Waals surface area contributed by atoms with Gasteiger partial charge in [0.2, 0.25) is 14.5 Å². The van der Waals surface area contributed by atoms with Gasteiger partial charge in [-0.15, -0.1) is 4.31 Å². The fourth-order valence-corrected chi connectivity index (χ4v) is 9.30. The van der Waals surface area contributed by atoms with Gasteiger partial charge in [0.15, 0.2) is 0 Å². The van der Waals surface area contributed by atoms with E-state index in [1.807, 2.05) is 32.0 Å². The Hall–Kier alpha value is 0.640. The number of nitrogens with zero attached hydrogens (tertiary/aromatic N) is 1. The van der Waals surface area contributed by atoms with Crippen LogP contribution in [0.1, 0.15) is 34.1 Å². The first-order valence-corrected chi connectivity index (χ1v) is 8.96. The molecule has 3 nitrogen and oxygen atoms in total. The maximum Gasteiger partial charge on any atom is 0.305 e. The number of alkyl halides is 2. The van der Waals surface area contributed by atoms with Crippen LogP contribution >= 0.6 is 0 Å². The van der Waals surface area contributed by atoms with Crippen LogP contribution in [-0.2, 0) is 10.0 Å². The van der Waals surface area contributed by atoms with E-state index >= 15 is 0 Å². The monoisotopic (exact) mass is 330 g/mol. The zero-order valence-corrected chi connectivity index (χ0v) is 12.0. The normalized spacial score (nSPS) is 41.9. The van der Waals surface area contributed by atoms with Crippen molar-refractivity contribution in [2.24, 2.45) is 0 Å². The zero-order valence-electron chi connectivity index (χ0n) is 9.04. The molecule has 2 rings (SSSR count). The molecule has 82 valence electrons. The highest BCUT2D eigenvalue weighted by Crippen LogP contribution is 2.38. The number of sulfonamides is 1. The lowest BCUT2D eigenvalue weighted by molar-refractivity contribution is -0.539. The highest BCUT2D eigenvalue weighted by molar-refractivity contribution is 7.90. The molecular formula is C9H17INO2S+. The summed E-state index contributed by atoms with van der Waals surface area (Å²) in [5.41, 5.74) is -0.236. The molecule has 0 aromatic heterocycles. The van der Waals surface area contributed by atoms with Crippen molar-refractivity contribution >= 4 is 10.0 Å². The first kappa shape index (κ1) is 11.1. The minimum absolute atomic E-state index is 0.104. The van der Waals surface area contributed by atoms with E-state index in [9.17, 15) is 8.42 Å². The van der Waals surface area contributed by atoms with Gasteiger partial charge < -0.3 is 0 Å². The number of hydrogen-bond acceptors (Lipinski definition) is 2. The topological polar surface area (TPSA) is 37.4 Å². The molecule has 2 aliphatic rings. The van der Waals surface area contributed by atoms with Crippen molar-refractivity contribution in [1.29, 1.82) is 0 Å². The van der Waals surface area contributed by atoms with Gasteiger partial charge in [0, 0.05) is 12.0 Å². The Kier molecular flexibility index (Phi) is 2.27. The predicted molar refractivity (Wildman–Crippen MR) is 52.2 cm³/mol. The van der Waals surface area contributed by atoms with E-state index < -0.39 is 10.0 Å². The van der Waals surface area contributed by atoms with Crippen LogP contribution in [0.2, 0.25) is 0 Å². The Morgan fingerprint density at radius 1 is 1.43 bits per heavy atom. The standard InChI is InChI=1S/C9H17INO2S/c1-7-5-9(6-10-9)11(8(2,3)4)14(7,12)13/h7H,5-6H2,1-4H3/q+1/t7-,9+/m1/s1. The number of hydrogen-bond donors (Lipinski definition) is 0. The third-order valence-corrected chi connectivity index (χ3v) is 9.14. The van der Waals surface area contributed by atoms with Gasteiger partial charge in [-0.25, -0.2) is 8.42 Å². The fourth-order valence-electron chi connectivity index (χ4n) is 2.31. The molecule has 0 unspecified atom stereocenters. The first-order valence-electron chi connectivity index (χ1n) is 4.85. The van der Waals surface area contributed by atoms with E-state index in [0.717, 1.165) is 10.8 Å². The van der Waals surface area contributed by atoms with E-state index in [-0.39, 0.29) is 35.5 Å². The molecule has 0 saturated carbocycles. The minimum atomic E-state index is -3.01. The second kappa shape index (κ2) is 2.85. The van der Waals surface area contributed by atoms with Crippen molar-refractivity contribution in [3.63, 3.8) is 0 Å². The fraction of sp³-hybridized carbons (Fsp3) is 1.00. The summed E-state index contributed by atoms with van der Waals surface area (Å²) < 4.78 is 27.4. The van der Waals surface area contributed by atoms with Crippen LogP contribution in [0.4, 0.5) is 0 Å². The molecule has 2 aliphatic heterocycles. The molecule has 0 amide bonds. The first-order chi connectivity index (χ1) is 6.20. The van der Waals surface area contributed by atoms with E-state index in [0.29, 0.717) is 0 Å². The maximum atomic E-state index is 12.1. The van der Waals surface area contributed by atoms with E-state index in [2.05, 4.69) is 0 Å². The summed E-state index contributed by atoms with van der Waals surface area (Å²) in [7, 11) is -3.01. The van der Waals surface area contributed by atoms with Crippen molar-refractivity contribution in [2.45, 2.75) is 48.5 Å². The Balaban J connectivity index is 2.47. The van der Waals surface area contributed by atoms with Crippen molar-refractivity contribution in [1.82, 2.24) is 4.31 Å². The van der Waals surface area contributed by atoms with Crippen LogP contribution in [0.3, 0.4) is 0 Å². The largest absolute Gasteiger partial charge is 0.305 e. The molecule has 2 saturated heterocycles. The summed E-state index contributed by atoms with van der Waals surface area (Å²) >= 11 is 0.104. The molecule has 14 heavy (non-hydrogen) atoms. The molecule has 5 heteroatoms. The third-order valence-electron chi connectivity index (χ3n) is 2.78. The molecule has 0 aliphatic carbocycles. The van der Waals surface area contributed by atoms with Crippen LogP contribution in [0.15, 0.2) is 0 Å². The van der Waals surface area contributed by atoms with Crippen LogP contribution in [0.25, 0.3) is 0 Å². The summed E-state index contributed by atoms with van der Waals surface area (Å²) in [4.78, 5) is 0. The molecule has 2 fully saturated rings. The lowest BCUT2D eigenvalue weighted by Gasteiger charge is -2.30. The average molecular weight is 330 g/mol. The predicted octanol–water partition coefficient (Wildman–Crippen LogP) is -1.99. The quantitative estimate of drug-likeness (QED) is 0.293. The van der Waals surface area contributed by atoms with Gasteiger partial charge in [-0.2, -0.15) is 0 Å². The summed E-state index contributed by atoms with van der Waals surface area (Å²) in [5, 5.41) is -0.163. The average Bonchev–Trinajstić information content (AvgIpc) is 2.60. The van der Waals surface area contributed by atoms with Crippen molar-refractivity contribution in [3.05, 3.63) is 0 Å². The molecule has 2 atom stereocenters. The van der Waals surface area contributed by atoms with E-state index in [1.165, 1.54) is 0 Å². The van der Waals surface area contributed by atoms with Crippen molar-refractivity contribution in [2.75, 3.05) is 4.43 Å². The summed E-state index contributed by atoms with van der Waals surface area (Å²) in [6.07, 6.45) is 0.875. The Morgan fingerprint density at radius 2 is 1.93 bits per heavy atom. The second-order valence-corrected chi connectivity index (χ2v) is 10.9. The van der Waals surface area contributed by atoms with Gasteiger partial charge in [0.1, 0.15) is 0 Å². The number of halogens is 1. The van der Waals surface area contributed by atoms with E-state index in [4.69, 9.17) is 0 Å². The van der Waals surface area contributed by atoms with Gasteiger partial charge in [0.05, 0.1) is 5.25 Å². The van der Waals surface area contributed by atoms with Crippen LogP contribution in [0, 0.1) is 0 Å². The van der Waals surface area contributed by atoms with Crippen LogP contribution < -0.4 is 21.2 Å². The zero-order chi connectivity index (χ0) is 10.8. The van der Waals surface area contributed by atoms with Crippen molar-refractivity contribution in [3.8, 4) is 0 Å². The highest BCUT2D eigenvalue weighted by atomic mass is 127. The summed E-state index contributed by atoms with van der Waals surface area (Å²) in [5.74, 6) is 0. The molecule has 0 N–H and O–H groups in total.